The molecule has 1 saturated heterocycles. The van der Waals surface area contributed by atoms with Crippen molar-refractivity contribution in [1.82, 2.24) is 4.90 Å². The minimum absolute atomic E-state index is 0.138. The lowest BCUT2D eigenvalue weighted by Gasteiger charge is -2.27. The summed E-state index contributed by atoms with van der Waals surface area (Å²) < 4.78 is 16.0. The second-order valence-electron chi connectivity index (χ2n) is 7.46. The highest BCUT2D eigenvalue weighted by atomic mass is 35.5. The summed E-state index contributed by atoms with van der Waals surface area (Å²) in [6.45, 7) is 0.967. The van der Waals surface area contributed by atoms with E-state index in [9.17, 15) is 14.4 Å². The monoisotopic (exact) mass is 475 g/mol. The highest BCUT2D eigenvalue weighted by Crippen LogP contribution is 2.39. The molecule has 0 bridgehead atoms. The Balaban J connectivity index is 1.90. The van der Waals surface area contributed by atoms with Crippen molar-refractivity contribution < 1.29 is 28.6 Å². The number of hydrogen-bond acceptors (Lipinski definition) is 6. The lowest BCUT2D eigenvalue weighted by molar-refractivity contribution is -0.120. The van der Waals surface area contributed by atoms with Crippen LogP contribution in [-0.4, -0.2) is 56.5 Å². The molecule has 0 saturated carbocycles. The number of halogens is 1. The average Bonchev–Trinajstić information content (AvgIpc) is 2.82. The summed E-state index contributed by atoms with van der Waals surface area (Å²) in [7, 11) is 2.78. The fourth-order valence-electron chi connectivity index (χ4n) is 3.56. The van der Waals surface area contributed by atoms with Crippen LogP contribution in [0.5, 0.6) is 17.2 Å². The van der Waals surface area contributed by atoms with Gasteiger partial charge >= 0.3 is 0 Å². The molecule has 0 atom stereocenters. The van der Waals surface area contributed by atoms with E-state index >= 15 is 0 Å². The number of nitrogens with two attached hydrogens (primary N) is 1. The molecule has 0 aromatic heterocycles. The zero-order chi connectivity index (χ0) is 24.0. The molecular weight excluding hydrogens is 450 g/mol. The number of benzene rings is 2. The van der Waals surface area contributed by atoms with Gasteiger partial charge in [-0.05, 0) is 49.6 Å². The molecule has 33 heavy (non-hydrogen) atoms. The molecule has 1 heterocycles. The van der Waals surface area contributed by atoms with Gasteiger partial charge in [0.1, 0.15) is 0 Å². The molecule has 0 spiro atoms. The Labute approximate surface area is 196 Å². The van der Waals surface area contributed by atoms with Crippen molar-refractivity contribution in [1.29, 1.82) is 0 Å². The normalized spacial score (nSPS) is 13.2. The second kappa shape index (κ2) is 10.9. The van der Waals surface area contributed by atoms with E-state index in [1.807, 2.05) is 0 Å². The fraction of sp³-hybridized carbons (Fsp3) is 0.348. The molecule has 0 unspecified atom stereocenters. The van der Waals surface area contributed by atoms with E-state index in [-0.39, 0.29) is 35.3 Å². The lowest BCUT2D eigenvalue weighted by atomic mass is 10.1. The third-order valence-electron chi connectivity index (χ3n) is 5.19. The number of primary amides is 1. The SMILES string of the molecule is COc1cc(C(=O)Nc2cc(Cl)ccc2C(=O)N2CCCCC2)cc(OC)c1OCC(N)=O. The molecule has 2 aromatic rings. The van der Waals surface area contributed by atoms with Crippen molar-refractivity contribution in [2.75, 3.05) is 39.2 Å². The van der Waals surface area contributed by atoms with Gasteiger partial charge in [-0.25, -0.2) is 0 Å². The Morgan fingerprint density at radius 2 is 1.67 bits per heavy atom. The molecule has 1 fully saturated rings. The first-order valence-electron chi connectivity index (χ1n) is 10.4. The maximum atomic E-state index is 13.1. The minimum atomic E-state index is -0.673. The fourth-order valence-corrected chi connectivity index (χ4v) is 3.74. The summed E-state index contributed by atoms with van der Waals surface area (Å²) in [6, 6.07) is 7.63. The Bertz CT molecular complexity index is 1030. The number of ether oxygens (including phenoxy) is 3. The van der Waals surface area contributed by atoms with E-state index < -0.39 is 11.8 Å². The van der Waals surface area contributed by atoms with Gasteiger partial charge in [-0.2, -0.15) is 0 Å². The van der Waals surface area contributed by atoms with Crippen molar-refractivity contribution in [3.05, 3.63) is 46.5 Å². The minimum Gasteiger partial charge on any atom is -0.493 e. The van der Waals surface area contributed by atoms with Crippen molar-refractivity contribution in [3.63, 3.8) is 0 Å². The van der Waals surface area contributed by atoms with E-state index in [1.54, 1.807) is 17.0 Å². The third-order valence-corrected chi connectivity index (χ3v) is 5.42. The molecule has 3 amide bonds. The summed E-state index contributed by atoms with van der Waals surface area (Å²) in [5.41, 5.74) is 5.98. The molecule has 3 rings (SSSR count). The topological polar surface area (TPSA) is 120 Å². The van der Waals surface area contributed by atoms with Crippen LogP contribution in [0, 0.1) is 0 Å². The first-order chi connectivity index (χ1) is 15.8. The van der Waals surface area contributed by atoms with E-state index in [1.165, 1.54) is 32.4 Å². The number of carbonyl (C=O) groups excluding carboxylic acids is 3. The van der Waals surface area contributed by atoms with Crippen molar-refractivity contribution in [3.8, 4) is 17.2 Å². The quantitative estimate of drug-likeness (QED) is 0.605. The van der Waals surface area contributed by atoms with Crippen molar-refractivity contribution in [2.24, 2.45) is 5.73 Å². The molecule has 9 nitrogen and oxygen atoms in total. The van der Waals surface area contributed by atoms with Crippen molar-refractivity contribution >= 4 is 35.0 Å². The summed E-state index contributed by atoms with van der Waals surface area (Å²) in [4.78, 5) is 39.0. The number of hydrogen-bond donors (Lipinski definition) is 2. The summed E-state index contributed by atoms with van der Waals surface area (Å²) in [5, 5.41) is 3.14. The molecule has 2 aromatic carbocycles. The van der Waals surface area contributed by atoms with Gasteiger partial charge in [0.05, 0.1) is 25.5 Å². The maximum Gasteiger partial charge on any atom is 0.255 e. The van der Waals surface area contributed by atoms with E-state index in [2.05, 4.69) is 5.32 Å². The van der Waals surface area contributed by atoms with Crippen LogP contribution in [0.1, 0.15) is 40.0 Å². The molecule has 1 aliphatic rings. The smallest absolute Gasteiger partial charge is 0.255 e. The van der Waals surface area contributed by atoms with E-state index in [0.717, 1.165) is 19.3 Å². The number of anilines is 1. The Kier molecular flexibility index (Phi) is 8.00. The molecule has 0 radical (unpaired) electrons. The first-order valence-corrected chi connectivity index (χ1v) is 10.8. The zero-order valence-corrected chi connectivity index (χ0v) is 19.2. The number of piperidine rings is 1. The number of nitrogens with zero attached hydrogens (tertiary/aromatic N) is 1. The molecule has 0 aliphatic carbocycles. The number of likely N-dealkylation sites (tertiary alicyclic amines) is 1. The van der Waals surface area contributed by atoms with E-state index in [0.29, 0.717) is 29.4 Å². The Morgan fingerprint density at radius 3 is 2.24 bits per heavy atom. The molecule has 176 valence electrons. The van der Waals surface area contributed by atoms with Crippen LogP contribution in [0.3, 0.4) is 0 Å². The number of amides is 3. The first kappa shape index (κ1) is 24.2. The molecule has 10 heteroatoms. The molecular formula is C23H26ClN3O6. The van der Waals surface area contributed by atoms with Crippen LogP contribution in [0.4, 0.5) is 5.69 Å². The van der Waals surface area contributed by atoms with Crippen molar-refractivity contribution in [2.45, 2.75) is 19.3 Å². The summed E-state index contributed by atoms with van der Waals surface area (Å²) in [5.74, 6) is -0.852. The predicted molar refractivity (Wildman–Crippen MR) is 123 cm³/mol. The van der Waals surface area contributed by atoms with Crippen LogP contribution >= 0.6 is 11.6 Å². The number of rotatable bonds is 8. The van der Waals surface area contributed by atoms with Crippen LogP contribution in [0.15, 0.2) is 30.3 Å². The maximum absolute atomic E-state index is 13.1. The van der Waals surface area contributed by atoms with Crippen LogP contribution in [0.2, 0.25) is 5.02 Å². The number of methoxy groups -OCH3 is 2. The highest BCUT2D eigenvalue weighted by molar-refractivity contribution is 6.31. The largest absolute Gasteiger partial charge is 0.493 e. The standard InChI is InChI=1S/C23H26ClN3O6/c1-31-18-10-14(11-19(32-2)21(18)33-13-20(25)28)22(29)26-17-12-15(24)6-7-16(17)23(30)27-8-4-3-5-9-27/h6-7,10-12H,3-5,8-9,13H2,1-2H3,(H2,25,28)(H,26,29). The third kappa shape index (κ3) is 5.87. The number of carbonyl (C=O) groups is 3. The van der Waals surface area contributed by atoms with Gasteiger partial charge in [0.2, 0.25) is 5.75 Å². The Hall–Kier alpha value is -3.46. The Morgan fingerprint density at radius 1 is 1.03 bits per heavy atom. The van der Waals surface area contributed by atoms with Gasteiger partial charge in [0.15, 0.2) is 18.1 Å². The summed E-state index contributed by atoms with van der Waals surface area (Å²) >= 11 is 6.14. The van der Waals surface area contributed by atoms with Crippen LogP contribution in [0.25, 0.3) is 0 Å². The lowest BCUT2D eigenvalue weighted by Crippen LogP contribution is -2.36. The summed E-state index contributed by atoms with van der Waals surface area (Å²) in [6.07, 6.45) is 2.99. The van der Waals surface area contributed by atoms with Gasteiger partial charge in [-0.15, -0.1) is 0 Å². The van der Waals surface area contributed by atoms with E-state index in [4.69, 9.17) is 31.5 Å². The molecule has 3 N–H and O–H groups in total. The number of nitrogens with one attached hydrogen (secondary N) is 1. The van der Waals surface area contributed by atoms with Gasteiger partial charge in [0, 0.05) is 23.7 Å². The van der Waals surface area contributed by atoms with Gasteiger partial charge in [0.25, 0.3) is 17.7 Å². The van der Waals surface area contributed by atoms with Gasteiger partial charge < -0.3 is 30.2 Å². The van der Waals surface area contributed by atoms with Gasteiger partial charge in [-0.1, -0.05) is 11.6 Å². The van der Waals surface area contributed by atoms with Crippen LogP contribution in [-0.2, 0) is 4.79 Å². The van der Waals surface area contributed by atoms with Crippen LogP contribution < -0.4 is 25.3 Å². The van der Waals surface area contributed by atoms with Gasteiger partial charge in [-0.3, -0.25) is 14.4 Å². The zero-order valence-electron chi connectivity index (χ0n) is 18.5. The second-order valence-corrected chi connectivity index (χ2v) is 7.90. The molecule has 1 aliphatic heterocycles. The predicted octanol–water partition coefficient (Wildman–Crippen LogP) is 3.10. The highest BCUT2D eigenvalue weighted by Gasteiger charge is 2.23. The average molecular weight is 476 g/mol.